The van der Waals surface area contributed by atoms with Crippen LogP contribution < -0.4 is 10.6 Å². The van der Waals surface area contributed by atoms with E-state index in [1.807, 2.05) is 18.2 Å². The highest BCUT2D eigenvalue weighted by atomic mass is 35.5. The van der Waals surface area contributed by atoms with Crippen LogP contribution >= 0.6 is 11.6 Å². The molecule has 0 radical (unpaired) electrons. The van der Waals surface area contributed by atoms with Crippen LogP contribution in [0.4, 0.5) is 11.4 Å². The van der Waals surface area contributed by atoms with Crippen LogP contribution in [0.15, 0.2) is 42.5 Å². The van der Waals surface area contributed by atoms with Crippen LogP contribution in [0.5, 0.6) is 0 Å². The summed E-state index contributed by atoms with van der Waals surface area (Å²) in [6.07, 6.45) is 2.08. The van der Waals surface area contributed by atoms with E-state index in [2.05, 4.69) is 29.2 Å². The summed E-state index contributed by atoms with van der Waals surface area (Å²) in [5.41, 5.74) is 10.7. The van der Waals surface area contributed by atoms with Crippen molar-refractivity contribution in [2.45, 2.75) is 12.8 Å². The second-order valence-corrected chi connectivity index (χ2v) is 5.34. The molecule has 3 rings (SSSR count). The zero-order valence-electron chi connectivity index (χ0n) is 10.8. The van der Waals surface area contributed by atoms with Gasteiger partial charge in [0.15, 0.2) is 0 Å². The highest BCUT2D eigenvalue weighted by Crippen LogP contribution is 2.33. The summed E-state index contributed by atoms with van der Waals surface area (Å²) < 4.78 is 0. The monoisotopic (exact) mass is 272 g/mol. The van der Waals surface area contributed by atoms with Crippen LogP contribution in [-0.2, 0) is 12.8 Å². The average molecular weight is 273 g/mol. The van der Waals surface area contributed by atoms with Crippen LogP contribution in [0.1, 0.15) is 11.1 Å². The Labute approximate surface area is 118 Å². The Morgan fingerprint density at radius 1 is 0.895 bits per heavy atom. The highest BCUT2D eigenvalue weighted by Gasteiger charge is 2.17. The molecule has 3 heteroatoms. The lowest BCUT2D eigenvalue weighted by Gasteiger charge is -2.25. The third-order valence-electron chi connectivity index (χ3n) is 3.75. The Morgan fingerprint density at radius 3 is 2.11 bits per heavy atom. The Hall–Kier alpha value is -1.67. The second-order valence-electron chi connectivity index (χ2n) is 4.93. The van der Waals surface area contributed by atoms with Crippen molar-refractivity contribution >= 4 is 23.0 Å². The number of hydrogen-bond donors (Lipinski definition) is 1. The molecule has 2 nitrogen and oxygen atoms in total. The topological polar surface area (TPSA) is 29.3 Å². The van der Waals surface area contributed by atoms with E-state index in [4.69, 9.17) is 17.3 Å². The van der Waals surface area contributed by atoms with Gasteiger partial charge in [-0.3, -0.25) is 0 Å². The van der Waals surface area contributed by atoms with Crippen molar-refractivity contribution in [2.75, 3.05) is 23.7 Å². The maximum Gasteiger partial charge on any atom is 0.0789 e. The van der Waals surface area contributed by atoms with Gasteiger partial charge in [0.2, 0.25) is 0 Å². The molecule has 1 aliphatic heterocycles. The lowest BCUT2D eigenvalue weighted by Crippen LogP contribution is -2.27. The van der Waals surface area contributed by atoms with Gasteiger partial charge >= 0.3 is 0 Å². The molecule has 2 aromatic carbocycles. The van der Waals surface area contributed by atoms with Crippen molar-refractivity contribution in [2.24, 2.45) is 0 Å². The van der Waals surface area contributed by atoms with Crippen molar-refractivity contribution in [3.05, 3.63) is 58.6 Å². The number of nitrogens with two attached hydrogens (primary N) is 1. The molecule has 19 heavy (non-hydrogen) atoms. The number of halogens is 1. The third kappa shape index (κ3) is 2.41. The number of nitrogens with zero attached hydrogens (tertiary/aromatic N) is 1. The van der Waals surface area contributed by atoms with E-state index in [1.165, 1.54) is 11.1 Å². The maximum atomic E-state index is 6.31. The van der Waals surface area contributed by atoms with Crippen molar-refractivity contribution in [1.82, 2.24) is 0 Å². The molecule has 0 spiro atoms. The number of benzene rings is 2. The molecule has 0 saturated heterocycles. The van der Waals surface area contributed by atoms with Gasteiger partial charge in [-0.1, -0.05) is 41.9 Å². The predicted octanol–water partition coefficient (Wildman–Crippen LogP) is 3.53. The van der Waals surface area contributed by atoms with E-state index in [9.17, 15) is 0 Å². The van der Waals surface area contributed by atoms with Gasteiger partial charge in [0.05, 0.1) is 16.4 Å². The molecule has 0 saturated carbocycles. The molecule has 0 amide bonds. The van der Waals surface area contributed by atoms with E-state index < -0.39 is 0 Å². The number of nitrogen functional groups attached to an aromatic ring is 1. The lowest BCUT2D eigenvalue weighted by molar-refractivity contribution is 0.807. The van der Waals surface area contributed by atoms with Crippen LogP contribution in [0.25, 0.3) is 0 Å². The first-order valence-electron chi connectivity index (χ1n) is 6.61. The molecule has 0 aromatic heterocycles. The molecule has 98 valence electrons. The van der Waals surface area contributed by atoms with E-state index in [0.717, 1.165) is 42.3 Å². The van der Waals surface area contributed by atoms with Crippen LogP contribution in [0, 0.1) is 0 Å². The third-order valence-corrected chi connectivity index (χ3v) is 4.06. The summed E-state index contributed by atoms with van der Waals surface area (Å²) in [4.78, 5) is 2.30. The standard InChI is InChI=1S/C16H17ClN2/c17-14-6-3-7-15(18)16(14)19-10-8-12-4-1-2-5-13(12)9-11-19/h1-7H,8-11,18H2. The smallest absolute Gasteiger partial charge is 0.0789 e. The average Bonchev–Trinajstić information content (AvgIpc) is 2.62. The zero-order chi connectivity index (χ0) is 13.2. The Morgan fingerprint density at radius 2 is 1.53 bits per heavy atom. The zero-order valence-corrected chi connectivity index (χ0v) is 11.5. The normalized spacial score (nSPS) is 14.9. The summed E-state index contributed by atoms with van der Waals surface area (Å²) in [5, 5.41) is 0.742. The lowest BCUT2D eigenvalue weighted by atomic mass is 10.0. The minimum atomic E-state index is 0.742. The predicted molar refractivity (Wildman–Crippen MR) is 81.9 cm³/mol. The number of para-hydroxylation sites is 1. The quantitative estimate of drug-likeness (QED) is 0.805. The molecule has 2 aromatic rings. The second kappa shape index (κ2) is 5.14. The Bertz CT molecular complexity index is 548. The molecule has 0 bridgehead atoms. The van der Waals surface area contributed by atoms with Crippen molar-refractivity contribution in [3.63, 3.8) is 0 Å². The molecule has 0 atom stereocenters. The van der Waals surface area contributed by atoms with Gasteiger partial charge in [0.25, 0.3) is 0 Å². The summed E-state index contributed by atoms with van der Waals surface area (Å²) in [7, 11) is 0. The summed E-state index contributed by atoms with van der Waals surface area (Å²) in [6.45, 7) is 1.93. The number of anilines is 2. The van der Waals surface area contributed by atoms with Crippen LogP contribution in [0.2, 0.25) is 5.02 Å². The van der Waals surface area contributed by atoms with Crippen molar-refractivity contribution in [3.8, 4) is 0 Å². The highest BCUT2D eigenvalue weighted by molar-refractivity contribution is 6.34. The van der Waals surface area contributed by atoms with Crippen molar-refractivity contribution < 1.29 is 0 Å². The SMILES string of the molecule is Nc1cccc(Cl)c1N1CCc2ccccc2CC1. The van der Waals surface area contributed by atoms with Gasteiger partial charge in [-0.2, -0.15) is 0 Å². The molecular weight excluding hydrogens is 256 g/mol. The van der Waals surface area contributed by atoms with E-state index in [0.29, 0.717) is 0 Å². The van der Waals surface area contributed by atoms with Crippen LogP contribution in [-0.4, -0.2) is 13.1 Å². The van der Waals surface area contributed by atoms with Crippen LogP contribution in [0.3, 0.4) is 0 Å². The molecule has 0 unspecified atom stereocenters. The van der Waals surface area contributed by atoms with Gasteiger partial charge in [-0.15, -0.1) is 0 Å². The minimum absolute atomic E-state index is 0.742. The summed E-state index contributed by atoms with van der Waals surface area (Å²) in [6, 6.07) is 14.4. The summed E-state index contributed by atoms with van der Waals surface area (Å²) in [5.74, 6) is 0. The Balaban J connectivity index is 1.90. The van der Waals surface area contributed by atoms with Gasteiger partial charge in [-0.05, 0) is 36.1 Å². The molecule has 0 aliphatic carbocycles. The molecular formula is C16H17ClN2. The maximum absolute atomic E-state index is 6.31. The molecule has 0 fully saturated rings. The fourth-order valence-corrected chi connectivity index (χ4v) is 3.06. The first kappa shape index (κ1) is 12.4. The van der Waals surface area contributed by atoms with E-state index >= 15 is 0 Å². The van der Waals surface area contributed by atoms with Gasteiger partial charge in [0, 0.05) is 13.1 Å². The Kier molecular flexibility index (Phi) is 3.34. The van der Waals surface area contributed by atoms with Gasteiger partial charge in [0.1, 0.15) is 0 Å². The van der Waals surface area contributed by atoms with Gasteiger partial charge in [-0.25, -0.2) is 0 Å². The van der Waals surface area contributed by atoms with E-state index in [1.54, 1.807) is 0 Å². The largest absolute Gasteiger partial charge is 0.397 e. The number of fused-ring (bicyclic) bond motifs is 1. The van der Waals surface area contributed by atoms with E-state index in [-0.39, 0.29) is 0 Å². The molecule has 1 heterocycles. The number of rotatable bonds is 1. The first-order valence-corrected chi connectivity index (χ1v) is 6.99. The molecule has 2 N–H and O–H groups in total. The number of hydrogen-bond acceptors (Lipinski definition) is 2. The van der Waals surface area contributed by atoms with Crippen molar-refractivity contribution in [1.29, 1.82) is 0 Å². The first-order chi connectivity index (χ1) is 9.25. The minimum Gasteiger partial charge on any atom is -0.397 e. The summed E-state index contributed by atoms with van der Waals surface area (Å²) >= 11 is 6.31. The molecule has 1 aliphatic rings. The fraction of sp³-hybridized carbons (Fsp3) is 0.250. The fourth-order valence-electron chi connectivity index (χ4n) is 2.76. The van der Waals surface area contributed by atoms with Gasteiger partial charge < -0.3 is 10.6 Å².